The van der Waals surface area contributed by atoms with Crippen molar-refractivity contribution in [1.82, 2.24) is 0 Å². The first kappa shape index (κ1) is 15.6. The molecule has 2 aromatic rings. The third-order valence-corrected chi connectivity index (χ3v) is 2.79. The van der Waals surface area contributed by atoms with E-state index >= 15 is 0 Å². The molecule has 0 bridgehead atoms. The van der Waals surface area contributed by atoms with Crippen molar-refractivity contribution in [3.8, 4) is 17.6 Å². The van der Waals surface area contributed by atoms with Gasteiger partial charge >= 0.3 is 0 Å². The normalized spacial score (nSPS) is 10.7. The Kier molecular flexibility index (Phi) is 4.47. The number of hydrogen-bond donors (Lipinski definition) is 0. The standard InChI is InChI=1S/C16H9F4NO/c1-2-3-11-12(17)14(19)16(15(20)13(11)18)22-10-6-4-9(8-21)5-7-10/h2-7H,1H3. The molecule has 0 saturated carbocycles. The molecule has 112 valence electrons. The number of halogens is 4. The fourth-order valence-electron chi connectivity index (χ4n) is 1.75. The maximum Gasteiger partial charge on any atom is 0.205 e. The van der Waals surface area contributed by atoms with Crippen LogP contribution in [0.5, 0.6) is 11.5 Å². The van der Waals surface area contributed by atoms with E-state index in [9.17, 15) is 17.6 Å². The molecule has 0 aromatic heterocycles. The van der Waals surface area contributed by atoms with Gasteiger partial charge in [-0.3, -0.25) is 0 Å². The number of hydrogen-bond acceptors (Lipinski definition) is 2. The molecule has 6 heteroatoms. The summed E-state index contributed by atoms with van der Waals surface area (Å²) in [6.45, 7) is 1.45. The number of nitrogens with zero attached hydrogens (tertiary/aromatic N) is 1. The minimum Gasteiger partial charge on any atom is -0.451 e. The number of allylic oxidation sites excluding steroid dienone is 1. The monoisotopic (exact) mass is 307 g/mol. The summed E-state index contributed by atoms with van der Waals surface area (Å²) in [5.41, 5.74) is -0.515. The highest BCUT2D eigenvalue weighted by molar-refractivity contribution is 5.54. The fraction of sp³-hybridized carbons (Fsp3) is 0.0625. The van der Waals surface area contributed by atoms with Crippen LogP contribution in [0, 0.1) is 34.6 Å². The zero-order valence-electron chi connectivity index (χ0n) is 11.3. The van der Waals surface area contributed by atoms with Gasteiger partial charge in [-0.25, -0.2) is 8.78 Å². The van der Waals surface area contributed by atoms with Gasteiger partial charge in [0.2, 0.25) is 17.4 Å². The van der Waals surface area contributed by atoms with Gasteiger partial charge in [-0.2, -0.15) is 14.0 Å². The Labute approximate surface area is 123 Å². The van der Waals surface area contributed by atoms with E-state index in [0.717, 1.165) is 6.08 Å². The van der Waals surface area contributed by atoms with Crippen molar-refractivity contribution in [3.05, 3.63) is 64.7 Å². The molecule has 2 nitrogen and oxygen atoms in total. The van der Waals surface area contributed by atoms with Crippen molar-refractivity contribution in [2.45, 2.75) is 6.92 Å². The third kappa shape index (κ3) is 2.79. The fourth-order valence-corrected chi connectivity index (χ4v) is 1.75. The molecular formula is C16H9F4NO. The Morgan fingerprint density at radius 3 is 1.95 bits per heavy atom. The molecule has 0 fully saturated rings. The van der Waals surface area contributed by atoms with Crippen LogP contribution in [-0.2, 0) is 0 Å². The van der Waals surface area contributed by atoms with Crippen molar-refractivity contribution in [3.63, 3.8) is 0 Å². The van der Waals surface area contributed by atoms with Gasteiger partial charge in [0.1, 0.15) is 5.75 Å². The van der Waals surface area contributed by atoms with Crippen LogP contribution in [0.3, 0.4) is 0 Å². The van der Waals surface area contributed by atoms with Crippen LogP contribution in [0.15, 0.2) is 30.3 Å². The maximum absolute atomic E-state index is 13.9. The second-order valence-electron chi connectivity index (χ2n) is 4.24. The number of ether oxygens (including phenoxy) is 1. The lowest BCUT2D eigenvalue weighted by Gasteiger charge is -2.11. The lowest BCUT2D eigenvalue weighted by molar-refractivity contribution is 0.365. The zero-order valence-corrected chi connectivity index (χ0v) is 11.3. The first-order valence-electron chi connectivity index (χ1n) is 6.16. The van der Waals surface area contributed by atoms with E-state index in [0.29, 0.717) is 5.56 Å². The molecule has 22 heavy (non-hydrogen) atoms. The molecule has 0 radical (unpaired) electrons. The first-order valence-corrected chi connectivity index (χ1v) is 6.16. The summed E-state index contributed by atoms with van der Waals surface area (Å²) in [6, 6.07) is 7.04. The minimum atomic E-state index is -1.63. The van der Waals surface area contributed by atoms with Crippen molar-refractivity contribution in [2.24, 2.45) is 0 Å². The average Bonchev–Trinajstić information content (AvgIpc) is 2.54. The molecule has 0 atom stereocenters. The van der Waals surface area contributed by atoms with E-state index in [1.54, 1.807) is 0 Å². The summed E-state index contributed by atoms with van der Waals surface area (Å²) in [5, 5.41) is 8.64. The molecule has 0 N–H and O–H groups in total. The van der Waals surface area contributed by atoms with Crippen molar-refractivity contribution in [2.75, 3.05) is 0 Å². The second kappa shape index (κ2) is 6.31. The van der Waals surface area contributed by atoms with Crippen molar-refractivity contribution >= 4 is 6.08 Å². The predicted octanol–water partition coefficient (Wildman–Crippen LogP) is 4.94. The van der Waals surface area contributed by atoms with Crippen LogP contribution in [0.25, 0.3) is 6.08 Å². The van der Waals surface area contributed by atoms with E-state index in [-0.39, 0.29) is 5.75 Å². The zero-order chi connectivity index (χ0) is 16.3. The predicted molar refractivity (Wildman–Crippen MR) is 72.2 cm³/mol. The molecule has 2 rings (SSSR count). The van der Waals surface area contributed by atoms with Gasteiger partial charge in [0.15, 0.2) is 11.6 Å². The van der Waals surface area contributed by atoms with Gasteiger partial charge in [0.05, 0.1) is 17.2 Å². The van der Waals surface area contributed by atoms with E-state index in [1.807, 2.05) is 6.07 Å². The summed E-state index contributed by atoms with van der Waals surface area (Å²) < 4.78 is 60.1. The molecule has 0 spiro atoms. The Morgan fingerprint density at radius 1 is 0.955 bits per heavy atom. The SMILES string of the molecule is CC=Cc1c(F)c(F)c(Oc2ccc(C#N)cc2)c(F)c1F. The van der Waals surface area contributed by atoms with Crippen LogP contribution in [0.4, 0.5) is 17.6 Å². The summed E-state index contributed by atoms with van der Waals surface area (Å²) in [5.74, 6) is -7.57. The Morgan fingerprint density at radius 2 is 1.50 bits per heavy atom. The van der Waals surface area contributed by atoms with Gasteiger partial charge in [-0.1, -0.05) is 12.2 Å². The number of benzene rings is 2. The van der Waals surface area contributed by atoms with Gasteiger partial charge in [0.25, 0.3) is 0 Å². The summed E-state index contributed by atoms with van der Waals surface area (Å²) in [6.07, 6.45) is 2.17. The molecular weight excluding hydrogens is 298 g/mol. The quantitative estimate of drug-likeness (QED) is 0.594. The first-order chi connectivity index (χ1) is 10.5. The third-order valence-electron chi connectivity index (χ3n) is 2.79. The minimum absolute atomic E-state index is 0.0608. The number of nitriles is 1. The highest BCUT2D eigenvalue weighted by atomic mass is 19.2. The molecule has 2 aromatic carbocycles. The summed E-state index contributed by atoms with van der Waals surface area (Å²) in [7, 11) is 0. The van der Waals surface area contributed by atoms with E-state index in [4.69, 9.17) is 10.00 Å². The summed E-state index contributed by atoms with van der Waals surface area (Å²) >= 11 is 0. The lowest BCUT2D eigenvalue weighted by atomic mass is 10.1. The Hall–Kier alpha value is -2.81. The Balaban J connectivity index is 2.49. The average molecular weight is 307 g/mol. The second-order valence-corrected chi connectivity index (χ2v) is 4.24. The van der Waals surface area contributed by atoms with Gasteiger partial charge < -0.3 is 4.74 Å². The van der Waals surface area contributed by atoms with E-state index in [1.165, 1.54) is 37.3 Å². The van der Waals surface area contributed by atoms with Crippen molar-refractivity contribution in [1.29, 1.82) is 5.26 Å². The highest BCUT2D eigenvalue weighted by Crippen LogP contribution is 2.33. The largest absolute Gasteiger partial charge is 0.451 e. The number of rotatable bonds is 3. The van der Waals surface area contributed by atoms with Gasteiger partial charge in [0, 0.05) is 0 Å². The van der Waals surface area contributed by atoms with Gasteiger partial charge in [-0.15, -0.1) is 0 Å². The molecule has 0 aliphatic heterocycles. The molecule has 0 saturated heterocycles. The molecule has 0 aliphatic carbocycles. The van der Waals surface area contributed by atoms with E-state index in [2.05, 4.69) is 0 Å². The smallest absolute Gasteiger partial charge is 0.205 e. The van der Waals surface area contributed by atoms with Crippen LogP contribution in [0.2, 0.25) is 0 Å². The van der Waals surface area contributed by atoms with Crippen LogP contribution >= 0.6 is 0 Å². The maximum atomic E-state index is 13.9. The molecule has 0 unspecified atom stereocenters. The van der Waals surface area contributed by atoms with Crippen LogP contribution in [-0.4, -0.2) is 0 Å². The topological polar surface area (TPSA) is 33.0 Å². The van der Waals surface area contributed by atoms with Gasteiger partial charge in [-0.05, 0) is 31.2 Å². The summed E-state index contributed by atoms with van der Waals surface area (Å²) in [4.78, 5) is 0. The van der Waals surface area contributed by atoms with Crippen LogP contribution < -0.4 is 4.74 Å². The molecule has 0 amide bonds. The van der Waals surface area contributed by atoms with E-state index < -0.39 is 34.6 Å². The van der Waals surface area contributed by atoms with Crippen molar-refractivity contribution < 1.29 is 22.3 Å². The van der Waals surface area contributed by atoms with Crippen LogP contribution in [0.1, 0.15) is 18.1 Å². The molecule has 0 heterocycles. The lowest BCUT2D eigenvalue weighted by Crippen LogP contribution is -2.03. The Bertz CT molecular complexity index is 747. The molecule has 0 aliphatic rings. The highest BCUT2D eigenvalue weighted by Gasteiger charge is 2.25.